The highest BCUT2D eigenvalue weighted by Gasteiger charge is 2.31. The number of nitrogens with one attached hydrogen (secondary N) is 1. The van der Waals surface area contributed by atoms with Gasteiger partial charge in [0, 0.05) is 12.2 Å². The van der Waals surface area contributed by atoms with Gasteiger partial charge >= 0.3 is 0 Å². The Balaban J connectivity index is 1.70. The molecule has 1 unspecified atom stereocenters. The van der Waals surface area contributed by atoms with Crippen LogP contribution in [0.5, 0.6) is 11.5 Å². The van der Waals surface area contributed by atoms with Crippen molar-refractivity contribution in [1.82, 2.24) is 0 Å². The van der Waals surface area contributed by atoms with E-state index in [1.807, 2.05) is 39.0 Å². The molecule has 2 aromatic carbocycles. The van der Waals surface area contributed by atoms with Gasteiger partial charge in [-0.15, -0.1) is 0 Å². The van der Waals surface area contributed by atoms with Gasteiger partial charge in [0.15, 0.2) is 12.7 Å². The van der Waals surface area contributed by atoms with E-state index in [9.17, 15) is 9.59 Å². The summed E-state index contributed by atoms with van der Waals surface area (Å²) in [6, 6.07) is 11.1. The summed E-state index contributed by atoms with van der Waals surface area (Å²) in [4.78, 5) is 26.5. The Bertz CT molecular complexity index is 894. The number of carbonyl (C=O) groups excluding carboxylic acids is 2. The van der Waals surface area contributed by atoms with Crippen molar-refractivity contribution < 1.29 is 19.1 Å². The van der Waals surface area contributed by atoms with Crippen molar-refractivity contribution in [2.45, 2.75) is 40.2 Å². The molecule has 0 saturated heterocycles. The predicted molar refractivity (Wildman–Crippen MR) is 109 cm³/mol. The van der Waals surface area contributed by atoms with Gasteiger partial charge in [0.05, 0.1) is 5.69 Å². The molecule has 0 aliphatic carbocycles. The maximum absolute atomic E-state index is 12.4. The minimum absolute atomic E-state index is 0.0731. The summed E-state index contributed by atoms with van der Waals surface area (Å²) in [5, 5.41) is 2.83. The average Bonchev–Trinajstić information content (AvgIpc) is 2.67. The van der Waals surface area contributed by atoms with E-state index in [2.05, 4.69) is 5.32 Å². The number of benzene rings is 2. The van der Waals surface area contributed by atoms with Gasteiger partial charge in [-0.05, 0) is 62.6 Å². The first-order valence-corrected chi connectivity index (χ1v) is 9.51. The third kappa shape index (κ3) is 4.11. The van der Waals surface area contributed by atoms with Crippen LogP contribution < -0.4 is 19.7 Å². The number of nitrogens with zero attached hydrogens (tertiary/aromatic N) is 1. The van der Waals surface area contributed by atoms with E-state index in [4.69, 9.17) is 9.47 Å². The first-order chi connectivity index (χ1) is 13.4. The zero-order valence-electron chi connectivity index (χ0n) is 16.7. The zero-order chi connectivity index (χ0) is 20.3. The maximum Gasteiger partial charge on any atom is 0.267 e. The van der Waals surface area contributed by atoms with E-state index in [-0.39, 0.29) is 18.4 Å². The highest BCUT2D eigenvalue weighted by atomic mass is 16.5. The Kier molecular flexibility index (Phi) is 5.87. The fraction of sp³-hybridized carbons (Fsp3) is 0.364. The van der Waals surface area contributed by atoms with Crippen LogP contribution in [0.2, 0.25) is 0 Å². The van der Waals surface area contributed by atoms with Gasteiger partial charge in [-0.2, -0.15) is 0 Å². The molecule has 148 valence electrons. The van der Waals surface area contributed by atoms with Crippen LogP contribution >= 0.6 is 0 Å². The number of anilines is 2. The second kappa shape index (κ2) is 8.33. The number of hydrogen-bond donors (Lipinski definition) is 1. The van der Waals surface area contributed by atoms with E-state index in [0.29, 0.717) is 29.4 Å². The Morgan fingerprint density at radius 1 is 1.25 bits per heavy atom. The van der Waals surface area contributed by atoms with Crippen molar-refractivity contribution in [1.29, 1.82) is 0 Å². The summed E-state index contributed by atoms with van der Waals surface area (Å²) in [6.07, 6.45) is 0.323. The highest BCUT2D eigenvalue weighted by Crippen LogP contribution is 2.36. The molecule has 1 N–H and O–H groups in total. The molecule has 1 atom stereocenters. The monoisotopic (exact) mass is 382 g/mol. The minimum atomic E-state index is -0.509. The standard InChI is InChI=1S/C22H26N2O4/c1-5-11-24-18-12-17(9-10-20(18)28-16(4)22(24)26)23-21(25)13-27-19-8-6-7-14(2)15(19)3/h6-10,12,16H,5,11,13H2,1-4H3,(H,23,25). The number of ether oxygens (including phenoxy) is 2. The molecule has 28 heavy (non-hydrogen) atoms. The van der Waals surface area contributed by atoms with Crippen LogP contribution in [0.15, 0.2) is 36.4 Å². The summed E-state index contributed by atoms with van der Waals surface area (Å²) >= 11 is 0. The van der Waals surface area contributed by atoms with Crippen LogP contribution in [-0.4, -0.2) is 31.1 Å². The number of rotatable bonds is 6. The average molecular weight is 382 g/mol. The lowest BCUT2D eigenvalue weighted by atomic mass is 10.1. The Labute approximate surface area is 165 Å². The van der Waals surface area contributed by atoms with Crippen LogP contribution in [0.1, 0.15) is 31.4 Å². The topological polar surface area (TPSA) is 67.9 Å². The molecule has 6 nitrogen and oxygen atoms in total. The normalized spacial score (nSPS) is 15.6. The smallest absolute Gasteiger partial charge is 0.267 e. The molecule has 2 aromatic rings. The van der Waals surface area contributed by atoms with Crippen LogP contribution in [0.3, 0.4) is 0 Å². The molecule has 0 fully saturated rings. The van der Waals surface area contributed by atoms with Gasteiger partial charge < -0.3 is 19.7 Å². The van der Waals surface area contributed by atoms with Gasteiger partial charge in [0.2, 0.25) is 0 Å². The van der Waals surface area contributed by atoms with Crippen LogP contribution in [0, 0.1) is 13.8 Å². The number of fused-ring (bicyclic) bond motifs is 1. The Morgan fingerprint density at radius 3 is 2.79 bits per heavy atom. The van der Waals surface area contributed by atoms with Crippen LogP contribution in [0.4, 0.5) is 11.4 Å². The fourth-order valence-corrected chi connectivity index (χ4v) is 3.16. The molecule has 0 aromatic heterocycles. The fourth-order valence-electron chi connectivity index (χ4n) is 3.16. The van der Waals surface area contributed by atoms with Gasteiger partial charge in [0.1, 0.15) is 11.5 Å². The zero-order valence-corrected chi connectivity index (χ0v) is 16.7. The van der Waals surface area contributed by atoms with Gasteiger partial charge in [-0.25, -0.2) is 0 Å². The Hall–Kier alpha value is -3.02. The molecule has 6 heteroatoms. The summed E-state index contributed by atoms with van der Waals surface area (Å²) in [6.45, 7) is 8.24. The maximum atomic E-state index is 12.4. The lowest BCUT2D eigenvalue weighted by Crippen LogP contribution is -2.44. The first-order valence-electron chi connectivity index (χ1n) is 9.51. The highest BCUT2D eigenvalue weighted by molar-refractivity contribution is 6.01. The van der Waals surface area contributed by atoms with E-state index in [1.165, 1.54) is 0 Å². The summed E-state index contributed by atoms with van der Waals surface area (Å²) < 4.78 is 11.3. The number of aryl methyl sites for hydroxylation is 1. The molecule has 2 amide bonds. The van der Waals surface area contributed by atoms with Crippen molar-refractivity contribution in [2.75, 3.05) is 23.4 Å². The van der Waals surface area contributed by atoms with Gasteiger partial charge in [-0.1, -0.05) is 19.1 Å². The largest absolute Gasteiger partial charge is 0.483 e. The number of hydrogen-bond acceptors (Lipinski definition) is 4. The summed E-state index contributed by atoms with van der Waals surface area (Å²) in [5.74, 6) is 1.00. The van der Waals surface area contributed by atoms with Crippen molar-refractivity contribution in [3.8, 4) is 11.5 Å². The van der Waals surface area contributed by atoms with Gasteiger partial charge in [-0.3, -0.25) is 9.59 Å². The van der Waals surface area contributed by atoms with E-state index in [1.54, 1.807) is 30.0 Å². The second-order valence-corrected chi connectivity index (χ2v) is 6.97. The number of amides is 2. The molecular weight excluding hydrogens is 356 g/mol. The van der Waals surface area contributed by atoms with Crippen molar-refractivity contribution in [3.05, 3.63) is 47.5 Å². The second-order valence-electron chi connectivity index (χ2n) is 6.97. The van der Waals surface area contributed by atoms with Crippen LogP contribution in [0.25, 0.3) is 0 Å². The number of carbonyl (C=O) groups is 2. The molecule has 1 aliphatic rings. The molecule has 0 radical (unpaired) electrons. The van der Waals surface area contributed by atoms with E-state index < -0.39 is 6.10 Å². The molecule has 0 spiro atoms. The molecule has 0 bridgehead atoms. The van der Waals surface area contributed by atoms with Crippen molar-refractivity contribution in [2.24, 2.45) is 0 Å². The molecular formula is C22H26N2O4. The quantitative estimate of drug-likeness (QED) is 0.824. The van der Waals surface area contributed by atoms with Crippen molar-refractivity contribution in [3.63, 3.8) is 0 Å². The Morgan fingerprint density at radius 2 is 2.04 bits per heavy atom. The lowest BCUT2D eigenvalue weighted by molar-refractivity contribution is -0.125. The molecule has 1 heterocycles. The first kappa shape index (κ1) is 19.7. The summed E-state index contributed by atoms with van der Waals surface area (Å²) in [7, 11) is 0. The summed E-state index contributed by atoms with van der Waals surface area (Å²) in [5.41, 5.74) is 3.41. The SMILES string of the molecule is CCCN1C(=O)C(C)Oc2ccc(NC(=O)COc3cccc(C)c3C)cc21. The van der Waals surface area contributed by atoms with Crippen LogP contribution in [-0.2, 0) is 9.59 Å². The third-order valence-electron chi connectivity index (χ3n) is 4.81. The molecule has 1 aliphatic heterocycles. The van der Waals surface area contributed by atoms with E-state index >= 15 is 0 Å². The molecule has 0 saturated carbocycles. The lowest BCUT2D eigenvalue weighted by Gasteiger charge is -2.33. The predicted octanol–water partition coefficient (Wildman–Crippen LogP) is 3.84. The molecule has 3 rings (SSSR count). The third-order valence-corrected chi connectivity index (χ3v) is 4.81. The van der Waals surface area contributed by atoms with Crippen molar-refractivity contribution >= 4 is 23.2 Å². The van der Waals surface area contributed by atoms with Gasteiger partial charge in [0.25, 0.3) is 11.8 Å². The van der Waals surface area contributed by atoms with E-state index in [0.717, 1.165) is 17.5 Å². The minimum Gasteiger partial charge on any atom is -0.483 e.